The Hall–Kier alpha value is -2.85. The molecule has 1 atom stereocenters. The van der Waals surface area contributed by atoms with Gasteiger partial charge >= 0.3 is 0 Å². The molecule has 1 unspecified atom stereocenters. The van der Waals surface area contributed by atoms with Gasteiger partial charge in [0.2, 0.25) is 5.91 Å². The number of aryl methyl sites for hydroxylation is 1. The van der Waals surface area contributed by atoms with Crippen molar-refractivity contribution < 1.29 is 4.79 Å². The molecule has 4 nitrogen and oxygen atoms in total. The summed E-state index contributed by atoms with van der Waals surface area (Å²) in [6, 6.07) is 20.1. The van der Waals surface area contributed by atoms with Crippen molar-refractivity contribution in [3.63, 3.8) is 0 Å². The molecule has 31 heavy (non-hydrogen) atoms. The number of rotatable bonds is 7. The highest BCUT2D eigenvalue weighted by Gasteiger charge is 2.58. The highest BCUT2D eigenvalue weighted by atomic mass is 35.5. The zero-order valence-electron chi connectivity index (χ0n) is 17.4. The Labute approximate surface area is 188 Å². The molecule has 1 amide bonds. The number of nitrogens with zero attached hydrogens (tertiary/aromatic N) is 2. The molecular formula is C26H26ClN3O. The summed E-state index contributed by atoms with van der Waals surface area (Å²) in [4.78, 5) is 15.5. The van der Waals surface area contributed by atoms with E-state index < -0.39 is 5.41 Å². The number of benzene rings is 2. The summed E-state index contributed by atoms with van der Waals surface area (Å²) in [7, 11) is 0. The van der Waals surface area contributed by atoms with Gasteiger partial charge in [0.15, 0.2) is 0 Å². The molecule has 1 aliphatic heterocycles. The topological polar surface area (TPSA) is 49.1 Å². The Kier molecular flexibility index (Phi) is 5.19. The van der Waals surface area contributed by atoms with Crippen molar-refractivity contribution in [1.82, 2.24) is 9.47 Å². The van der Waals surface area contributed by atoms with Gasteiger partial charge in [0.1, 0.15) is 5.84 Å². The number of carbonyl (C=O) groups is 1. The van der Waals surface area contributed by atoms with Crippen LogP contribution >= 0.6 is 11.6 Å². The first-order chi connectivity index (χ1) is 15.1. The number of carbonyl (C=O) groups excluding carboxylic acids is 1. The number of aromatic nitrogens is 1. The molecule has 5 heteroatoms. The monoisotopic (exact) mass is 431 g/mol. The van der Waals surface area contributed by atoms with Crippen LogP contribution in [0, 0.1) is 11.3 Å². The van der Waals surface area contributed by atoms with E-state index in [1.165, 1.54) is 0 Å². The predicted molar refractivity (Wildman–Crippen MR) is 124 cm³/mol. The minimum atomic E-state index is -0.598. The molecule has 2 aromatic carbocycles. The Morgan fingerprint density at radius 2 is 1.68 bits per heavy atom. The number of nitrogens with one attached hydrogen (secondary N) is 1. The Balaban J connectivity index is 1.43. The van der Waals surface area contributed by atoms with Crippen LogP contribution in [-0.4, -0.2) is 27.8 Å². The van der Waals surface area contributed by atoms with Crippen molar-refractivity contribution in [2.45, 2.75) is 37.6 Å². The number of amides is 1. The standard InChI is InChI=1S/C26H26ClN3O/c27-23-9-4-7-20(17-23)19-6-3-8-22(16-19)26(21-10-11-21)18-24(28)30(25(26)31)15-5-14-29-12-1-2-13-29/h1-4,6-9,12-13,16-17,21,28H,5,10-11,14-15,18H2. The molecule has 158 valence electrons. The van der Waals surface area contributed by atoms with E-state index in [-0.39, 0.29) is 5.91 Å². The highest BCUT2D eigenvalue weighted by molar-refractivity contribution is 6.30. The van der Waals surface area contributed by atoms with Gasteiger partial charge in [-0.15, -0.1) is 0 Å². The first-order valence-corrected chi connectivity index (χ1v) is 11.3. The maximum atomic E-state index is 13.8. The van der Waals surface area contributed by atoms with E-state index in [0.717, 1.165) is 42.5 Å². The summed E-state index contributed by atoms with van der Waals surface area (Å²) in [6.45, 7) is 1.45. The van der Waals surface area contributed by atoms with Gasteiger partial charge < -0.3 is 4.57 Å². The summed E-state index contributed by atoms with van der Waals surface area (Å²) in [6.07, 6.45) is 7.51. The summed E-state index contributed by atoms with van der Waals surface area (Å²) in [5.41, 5.74) is 2.55. The minimum Gasteiger partial charge on any atom is -0.354 e. The molecule has 1 aromatic heterocycles. The summed E-state index contributed by atoms with van der Waals surface area (Å²) >= 11 is 6.21. The van der Waals surface area contributed by atoms with E-state index in [4.69, 9.17) is 17.0 Å². The van der Waals surface area contributed by atoms with Crippen LogP contribution in [-0.2, 0) is 16.8 Å². The second-order valence-electron chi connectivity index (χ2n) is 8.69. The number of halogens is 1. The Bertz CT molecular complexity index is 1120. The zero-order chi connectivity index (χ0) is 21.4. The number of hydrogen-bond donors (Lipinski definition) is 1. The maximum absolute atomic E-state index is 13.8. The van der Waals surface area contributed by atoms with Crippen LogP contribution in [0.25, 0.3) is 11.1 Å². The van der Waals surface area contributed by atoms with Gasteiger partial charge in [0, 0.05) is 36.9 Å². The molecule has 1 N–H and O–H groups in total. The summed E-state index contributed by atoms with van der Waals surface area (Å²) in [5.74, 6) is 0.887. The summed E-state index contributed by atoms with van der Waals surface area (Å²) < 4.78 is 2.12. The van der Waals surface area contributed by atoms with Crippen molar-refractivity contribution in [3.05, 3.63) is 83.6 Å². The van der Waals surface area contributed by atoms with Gasteiger partial charge in [0.05, 0.1) is 5.41 Å². The second kappa shape index (κ2) is 8.01. The fourth-order valence-corrected chi connectivity index (χ4v) is 5.16. The van der Waals surface area contributed by atoms with Crippen LogP contribution in [0.3, 0.4) is 0 Å². The van der Waals surface area contributed by atoms with Gasteiger partial charge in [-0.2, -0.15) is 0 Å². The molecule has 2 fully saturated rings. The second-order valence-corrected chi connectivity index (χ2v) is 9.13. The highest BCUT2D eigenvalue weighted by Crippen LogP contribution is 2.54. The van der Waals surface area contributed by atoms with Crippen LogP contribution in [0.1, 0.15) is 31.2 Å². The van der Waals surface area contributed by atoms with E-state index in [9.17, 15) is 4.79 Å². The Morgan fingerprint density at radius 3 is 2.39 bits per heavy atom. The largest absolute Gasteiger partial charge is 0.354 e. The number of amidine groups is 1. The lowest BCUT2D eigenvalue weighted by Gasteiger charge is -2.28. The van der Waals surface area contributed by atoms with Crippen LogP contribution in [0.2, 0.25) is 5.02 Å². The maximum Gasteiger partial charge on any atom is 0.239 e. The zero-order valence-corrected chi connectivity index (χ0v) is 18.2. The third-order valence-corrected chi connectivity index (χ3v) is 6.91. The third kappa shape index (κ3) is 3.70. The average Bonchev–Trinajstić information content (AvgIpc) is 3.44. The molecule has 1 aliphatic carbocycles. The smallest absolute Gasteiger partial charge is 0.239 e. The molecule has 3 aromatic rings. The third-order valence-electron chi connectivity index (χ3n) is 6.67. The fourth-order valence-electron chi connectivity index (χ4n) is 4.97. The van der Waals surface area contributed by atoms with Crippen molar-refractivity contribution in [2.75, 3.05) is 6.54 Å². The number of hydrogen-bond acceptors (Lipinski definition) is 2. The van der Waals surface area contributed by atoms with Crippen molar-refractivity contribution in [2.24, 2.45) is 5.92 Å². The molecule has 1 saturated heterocycles. The SMILES string of the molecule is N=C1CC(c2cccc(-c3cccc(Cl)c3)c2)(C2CC2)C(=O)N1CCCn1cccc1. The Morgan fingerprint density at radius 1 is 0.968 bits per heavy atom. The van der Waals surface area contributed by atoms with Crippen molar-refractivity contribution >= 4 is 23.3 Å². The molecule has 0 bridgehead atoms. The van der Waals surface area contributed by atoms with Gasteiger partial charge in [-0.25, -0.2) is 0 Å². The normalized spacial score (nSPS) is 21.1. The molecule has 0 spiro atoms. The average molecular weight is 432 g/mol. The predicted octanol–water partition coefficient (Wildman–Crippen LogP) is 5.76. The van der Waals surface area contributed by atoms with Gasteiger partial charge in [-0.1, -0.05) is 48.0 Å². The molecule has 1 saturated carbocycles. The van der Waals surface area contributed by atoms with E-state index in [1.807, 2.05) is 54.9 Å². The van der Waals surface area contributed by atoms with Crippen molar-refractivity contribution in [1.29, 1.82) is 5.41 Å². The van der Waals surface area contributed by atoms with E-state index in [1.54, 1.807) is 4.90 Å². The van der Waals surface area contributed by atoms with Crippen LogP contribution < -0.4 is 0 Å². The van der Waals surface area contributed by atoms with E-state index in [2.05, 4.69) is 22.8 Å². The van der Waals surface area contributed by atoms with Gasteiger partial charge in [-0.3, -0.25) is 15.1 Å². The lowest BCUT2D eigenvalue weighted by molar-refractivity contribution is -0.131. The number of likely N-dealkylation sites (tertiary alicyclic amines) is 1. The van der Waals surface area contributed by atoms with Crippen LogP contribution in [0.15, 0.2) is 73.1 Å². The lowest BCUT2D eigenvalue weighted by atomic mass is 9.74. The van der Waals surface area contributed by atoms with E-state index in [0.29, 0.717) is 29.7 Å². The van der Waals surface area contributed by atoms with Crippen LogP contribution in [0.5, 0.6) is 0 Å². The van der Waals surface area contributed by atoms with Gasteiger partial charge in [-0.05, 0) is 66.1 Å². The van der Waals surface area contributed by atoms with Gasteiger partial charge in [0.25, 0.3) is 0 Å². The molecular weight excluding hydrogens is 406 g/mol. The van der Waals surface area contributed by atoms with Crippen molar-refractivity contribution in [3.8, 4) is 11.1 Å². The molecule has 5 rings (SSSR count). The first-order valence-electron chi connectivity index (χ1n) is 10.9. The minimum absolute atomic E-state index is 0.107. The van der Waals surface area contributed by atoms with Crippen LogP contribution in [0.4, 0.5) is 0 Å². The lowest BCUT2D eigenvalue weighted by Crippen LogP contribution is -2.40. The molecule has 0 radical (unpaired) electrons. The summed E-state index contributed by atoms with van der Waals surface area (Å²) in [5, 5.41) is 9.34. The van der Waals surface area contributed by atoms with E-state index >= 15 is 0 Å². The molecule has 2 heterocycles. The first kappa shape index (κ1) is 20.1. The quantitative estimate of drug-likeness (QED) is 0.508. The molecule has 2 aliphatic rings. The fraction of sp³-hybridized carbons (Fsp3) is 0.308.